The predicted octanol–water partition coefficient (Wildman–Crippen LogP) is 4.71. The van der Waals surface area contributed by atoms with Gasteiger partial charge in [0.1, 0.15) is 17.7 Å². The maximum Gasteiger partial charge on any atom is 0.446 e. The summed E-state index contributed by atoms with van der Waals surface area (Å²) in [5.74, 6) is 0. The third-order valence-electron chi connectivity index (χ3n) is 4.07. The minimum Gasteiger partial charge on any atom is -0.374 e. The van der Waals surface area contributed by atoms with E-state index in [-0.39, 0.29) is 33.2 Å². The average molecular weight is 341 g/mol. The quantitative estimate of drug-likeness (QED) is 0.683. The average Bonchev–Trinajstić information content (AvgIpc) is 2.95. The highest BCUT2D eigenvalue weighted by atomic mass is 32.2. The van der Waals surface area contributed by atoms with E-state index in [2.05, 4.69) is 0 Å². The molecule has 23 heavy (non-hydrogen) atoms. The van der Waals surface area contributed by atoms with E-state index in [0.717, 1.165) is 25.9 Å². The molecule has 1 saturated heterocycles. The Labute approximate surface area is 138 Å². The van der Waals surface area contributed by atoms with Crippen molar-refractivity contribution in [2.75, 3.05) is 13.1 Å². The van der Waals surface area contributed by atoms with Crippen molar-refractivity contribution >= 4 is 11.8 Å². The number of hydrogen-bond donors (Lipinski definition) is 0. The first-order valence-electron chi connectivity index (χ1n) is 7.44. The number of nitriles is 2. The number of nitrogens with zero attached hydrogens (tertiary/aromatic N) is 3. The molecule has 0 spiro atoms. The second-order valence-electron chi connectivity index (χ2n) is 6.61. The molecule has 1 aliphatic heterocycles. The number of hydrogen-bond acceptors (Lipinski definition) is 4. The largest absolute Gasteiger partial charge is 0.446 e. The first-order valence-corrected chi connectivity index (χ1v) is 8.26. The third kappa shape index (κ3) is 4.23. The second-order valence-corrected chi connectivity index (χ2v) is 7.69. The number of halogens is 3. The van der Waals surface area contributed by atoms with Crippen molar-refractivity contribution in [1.29, 1.82) is 10.5 Å². The summed E-state index contributed by atoms with van der Waals surface area (Å²) in [4.78, 5) is 2.05. The molecule has 2 aliphatic rings. The molecule has 2 rings (SSSR count). The van der Waals surface area contributed by atoms with E-state index >= 15 is 0 Å². The Hall–Kier alpha value is -1.60. The van der Waals surface area contributed by atoms with Crippen LogP contribution in [0.25, 0.3) is 0 Å². The van der Waals surface area contributed by atoms with Crippen LogP contribution in [0.5, 0.6) is 0 Å². The van der Waals surface area contributed by atoms with Gasteiger partial charge in [-0.2, -0.15) is 23.7 Å². The molecular weight excluding hydrogens is 323 g/mol. The van der Waals surface area contributed by atoms with Crippen LogP contribution in [0.15, 0.2) is 21.7 Å². The van der Waals surface area contributed by atoms with E-state index in [0.29, 0.717) is 18.5 Å². The Kier molecular flexibility index (Phi) is 5.01. The summed E-state index contributed by atoms with van der Waals surface area (Å²) in [5, 5.41) is 18.3. The van der Waals surface area contributed by atoms with Crippen molar-refractivity contribution < 1.29 is 13.2 Å². The van der Waals surface area contributed by atoms with Gasteiger partial charge in [-0.25, -0.2) is 0 Å². The van der Waals surface area contributed by atoms with Gasteiger partial charge in [-0.15, -0.1) is 0 Å². The molecule has 0 atom stereocenters. The Morgan fingerprint density at radius 2 is 1.70 bits per heavy atom. The van der Waals surface area contributed by atoms with E-state index in [1.807, 2.05) is 18.7 Å². The lowest BCUT2D eigenvalue weighted by molar-refractivity contribution is -0.0322. The number of likely N-dealkylation sites (tertiary alicyclic amines) is 1. The lowest BCUT2D eigenvalue weighted by atomic mass is 9.75. The van der Waals surface area contributed by atoms with Crippen molar-refractivity contribution in [3.05, 3.63) is 21.7 Å². The molecular formula is C16H18F3N3S. The Bertz CT molecular complexity index is 610. The lowest BCUT2D eigenvalue weighted by Crippen LogP contribution is -2.30. The van der Waals surface area contributed by atoms with Gasteiger partial charge >= 0.3 is 5.51 Å². The molecule has 0 N–H and O–H groups in total. The van der Waals surface area contributed by atoms with Gasteiger partial charge < -0.3 is 4.90 Å². The molecule has 0 aromatic heterocycles. The Morgan fingerprint density at radius 3 is 2.17 bits per heavy atom. The zero-order valence-corrected chi connectivity index (χ0v) is 13.9. The van der Waals surface area contributed by atoms with Gasteiger partial charge in [0, 0.05) is 23.7 Å². The van der Waals surface area contributed by atoms with Gasteiger partial charge in [0.25, 0.3) is 0 Å². The molecule has 0 aromatic carbocycles. The van der Waals surface area contributed by atoms with Crippen LogP contribution in [-0.2, 0) is 0 Å². The van der Waals surface area contributed by atoms with Crippen LogP contribution in [0.1, 0.15) is 39.5 Å². The molecule has 3 nitrogen and oxygen atoms in total. The van der Waals surface area contributed by atoms with Gasteiger partial charge in [0.05, 0.1) is 0 Å². The van der Waals surface area contributed by atoms with Crippen molar-refractivity contribution in [1.82, 2.24) is 4.90 Å². The molecule has 0 radical (unpaired) electrons. The number of allylic oxidation sites excluding steroid dienone is 3. The van der Waals surface area contributed by atoms with Gasteiger partial charge in [-0.05, 0) is 48.4 Å². The monoisotopic (exact) mass is 341 g/mol. The molecule has 1 aliphatic carbocycles. The van der Waals surface area contributed by atoms with Crippen molar-refractivity contribution in [2.24, 2.45) is 5.41 Å². The number of thioether (sulfide) groups is 1. The van der Waals surface area contributed by atoms with E-state index in [1.54, 1.807) is 12.1 Å². The number of alkyl halides is 3. The van der Waals surface area contributed by atoms with Crippen LogP contribution in [0, 0.1) is 28.1 Å². The molecule has 0 aromatic rings. The summed E-state index contributed by atoms with van der Waals surface area (Å²) in [6.07, 6.45) is 2.74. The molecule has 0 saturated carbocycles. The van der Waals surface area contributed by atoms with Crippen LogP contribution < -0.4 is 0 Å². The van der Waals surface area contributed by atoms with E-state index < -0.39 is 5.51 Å². The zero-order valence-electron chi connectivity index (χ0n) is 13.1. The van der Waals surface area contributed by atoms with Crippen LogP contribution >= 0.6 is 11.8 Å². The fourth-order valence-electron chi connectivity index (χ4n) is 3.17. The summed E-state index contributed by atoms with van der Waals surface area (Å²) in [6, 6.07) is 3.54. The SMILES string of the molecule is CC1(C)CC(=C(C#N)C#N)C(SC(F)(F)F)=C(N2CCCC2)C1. The first-order chi connectivity index (χ1) is 10.7. The maximum atomic E-state index is 13.1. The Balaban J connectivity index is 2.63. The van der Waals surface area contributed by atoms with E-state index in [9.17, 15) is 13.2 Å². The van der Waals surface area contributed by atoms with E-state index in [4.69, 9.17) is 10.5 Å². The van der Waals surface area contributed by atoms with Crippen molar-refractivity contribution in [3.8, 4) is 12.1 Å². The molecule has 124 valence electrons. The zero-order chi connectivity index (χ0) is 17.3. The highest BCUT2D eigenvalue weighted by Crippen LogP contribution is 2.52. The van der Waals surface area contributed by atoms with Gasteiger partial charge in [0.15, 0.2) is 0 Å². The molecule has 1 heterocycles. The van der Waals surface area contributed by atoms with Crippen LogP contribution in [-0.4, -0.2) is 23.5 Å². The minimum atomic E-state index is -4.44. The van der Waals surface area contributed by atoms with Crippen LogP contribution in [0.3, 0.4) is 0 Å². The maximum absolute atomic E-state index is 13.1. The smallest absolute Gasteiger partial charge is 0.374 e. The highest BCUT2D eigenvalue weighted by Gasteiger charge is 2.41. The van der Waals surface area contributed by atoms with Gasteiger partial charge in [-0.1, -0.05) is 13.8 Å². The summed E-state index contributed by atoms with van der Waals surface area (Å²) in [7, 11) is 0. The van der Waals surface area contributed by atoms with Crippen molar-refractivity contribution in [3.63, 3.8) is 0 Å². The predicted molar refractivity (Wildman–Crippen MR) is 82.7 cm³/mol. The standard InChI is InChI=1S/C16H18F3N3S/c1-15(2)7-12(11(9-20)10-21)14(23-16(17,18)19)13(8-15)22-5-3-4-6-22/h3-8H2,1-2H3. The second kappa shape index (κ2) is 6.49. The minimum absolute atomic E-state index is 0.0665. The number of rotatable bonds is 2. The third-order valence-corrected chi connectivity index (χ3v) is 4.99. The molecule has 1 fully saturated rings. The fraction of sp³-hybridized carbons (Fsp3) is 0.625. The van der Waals surface area contributed by atoms with Gasteiger partial charge in [0.2, 0.25) is 0 Å². The highest BCUT2D eigenvalue weighted by molar-refractivity contribution is 8.04. The summed E-state index contributed by atoms with van der Waals surface area (Å²) >= 11 is -0.182. The summed E-state index contributed by atoms with van der Waals surface area (Å²) < 4.78 is 39.2. The fourth-order valence-corrected chi connectivity index (χ4v) is 4.02. The normalized spacial score (nSPS) is 21.2. The summed E-state index contributed by atoms with van der Waals surface area (Å²) in [5.41, 5.74) is -4.04. The molecule has 7 heteroatoms. The Morgan fingerprint density at radius 1 is 1.13 bits per heavy atom. The van der Waals surface area contributed by atoms with E-state index in [1.165, 1.54) is 0 Å². The van der Waals surface area contributed by atoms with Crippen LogP contribution in [0.2, 0.25) is 0 Å². The van der Waals surface area contributed by atoms with Crippen molar-refractivity contribution in [2.45, 2.75) is 45.0 Å². The molecule has 0 bridgehead atoms. The van der Waals surface area contributed by atoms with Crippen LogP contribution in [0.4, 0.5) is 13.2 Å². The molecule has 0 unspecified atom stereocenters. The van der Waals surface area contributed by atoms with Gasteiger partial charge in [-0.3, -0.25) is 0 Å². The lowest BCUT2D eigenvalue weighted by Gasteiger charge is -2.38. The topological polar surface area (TPSA) is 50.8 Å². The summed E-state index contributed by atoms with van der Waals surface area (Å²) in [6.45, 7) is 5.39. The molecule has 0 amide bonds. The first kappa shape index (κ1) is 17.7.